The van der Waals surface area contributed by atoms with Crippen LogP contribution in [0.4, 0.5) is 4.39 Å². The summed E-state index contributed by atoms with van der Waals surface area (Å²) in [6, 6.07) is 4.57. The zero-order valence-corrected chi connectivity index (χ0v) is 7.63. The maximum Gasteiger partial charge on any atom is 0.212 e. The van der Waals surface area contributed by atoms with Crippen LogP contribution in [0.1, 0.15) is 27.7 Å². The van der Waals surface area contributed by atoms with Crippen molar-refractivity contribution in [3.8, 4) is 0 Å². The van der Waals surface area contributed by atoms with Crippen LogP contribution in [0.3, 0.4) is 0 Å². The fourth-order valence-electron chi connectivity index (χ4n) is 0.342. The normalized spacial score (nSPS) is 6.64. The van der Waals surface area contributed by atoms with Crippen molar-refractivity contribution in [2.45, 2.75) is 27.7 Å². The minimum Gasteiger partial charge on any atom is -0.228 e. The Morgan fingerprint density at radius 2 is 1.64 bits per heavy atom. The van der Waals surface area contributed by atoms with Crippen molar-refractivity contribution in [1.29, 1.82) is 0 Å². The molecule has 1 rings (SSSR count). The van der Waals surface area contributed by atoms with Crippen LogP contribution in [-0.2, 0) is 0 Å². The minimum absolute atomic E-state index is 0.428. The second-order valence-electron chi connectivity index (χ2n) is 1.15. The summed E-state index contributed by atoms with van der Waals surface area (Å²) in [6.45, 7) is 8.00. The van der Waals surface area contributed by atoms with Crippen LogP contribution in [0, 0.1) is 5.95 Å². The summed E-state index contributed by atoms with van der Waals surface area (Å²) in [5, 5.41) is 0. The first-order valence-electron chi connectivity index (χ1n) is 3.96. The molecular weight excluding hydrogens is 141 g/mol. The highest BCUT2D eigenvalue weighted by atomic mass is 19.1. The number of halogens is 1. The van der Waals surface area contributed by atoms with E-state index in [4.69, 9.17) is 0 Å². The fourth-order valence-corrected chi connectivity index (χ4v) is 0.342. The maximum atomic E-state index is 11.8. The highest BCUT2D eigenvalue weighted by molar-refractivity contribution is 4.90. The number of aromatic nitrogens is 1. The molecule has 1 nitrogen and oxygen atoms in total. The summed E-state index contributed by atoms with van der Waals surface area (Å²) in [5.74, 6) is -0.428. The molecule has 0 aromatic carbocycles. The second kappa shape index (κ2) is 11.8. The molecule has 0 unspecified atom stereocenters. The van der Waals surface area contributed by atoms with Crippen molar-refractivity contribution in [2.75, 3.05) is 0 Å². The molecular formula is C9H16FN. The molecule has 0 aliphatic heterocycles. The molecule has 0 fully saturated rings. The molecule has 1 aromatic rings. The molecule has 64 valence electrons. The molecule has 11 heavy (non-hydrogen) atoms. The lowest BCUT2D eigenvalue weighted by molar-refractivity contribution is 0.584. The lowest BCUT2D eigenvalue weighted by Crippen LogP contribution is -1.73. The van der Waals surface area contributed by atoms with Crippen molar-refractivity contribution >= 4 is 0 Å². The van der Waals surface area contributed by atoms with Crippen molar-refractivity contribution in [2.24, 2.45) is 0 Å². The highest BCUT2D eigenvalue weighted by Crippen LogP contribution is 1.85. The summed E-state index contributed by atoms with van der Waals surface area (Å²) in [4.78, 5) is 3.31. The van der Waals surface area contributed by atoms with Crippen LogP contribution in [0.15, 0.2) is 24.4 Å². The van der Waals surface area contributed by atoms with Gasteiger partial charge >= 0.3 is 0 Å². The topological polar surface area (TPSA) is 12.9 Å². The van der Waals surface area contributed by atoms with Crippen molar-refractivity contribution in [1.82, 2.24) is 4.98 Å². The van der Waals surface area contributed by atoms with Crippen LogP contribution < -0.4 is 0 Å². The molecule has 0 radical (unpaired) electrons. The first-order chi connectivity index (χ1) is 5.39. The fraction of sp³-hybridized carbons (Fsp3) is 0.444. The molecule has 0 atom stereocenters. The SMILES string of the molecule is CC.CC.Fc1ccccn1. The van der Waals surface area contributed by atoms with E-state index in [1.165, 1.54) is 12.3 Å². The number of hydrogen-bond acceptors (Lipinski definition) is 1. The third-order valence-electron chi connectivity index (χ3n) is 0.629. The zero-order valence-electron chi connectivity index (χ0n) is 7.63. The molecule has 0 aliphatic carbocycles. The van der Waals surface area contributed by atoms with Crippen LogP contribution in [0.25, 0.3) is 0 Å². The number of hydrogen-bond donors (Lipinski definition) is 0. The first kappa shape index (κ1) is 12.7. The van der Waals surface area contributed by atoms with Gasteiger partial charge in [-0.05, 0) is 12.1 Å². The van der Waals surface area contributed by atoms with Gasteiger partial charge in [-0.2, -0.15) is 4.39 Å². The van der Waals surface area contributed by atoms with E-state index in [9.17, 15) is 4.39 Å². The van der Waals surface area contributed by atoms with Gasteiger partial charge in [0.25, 0.3) is 0 Å². The molecule has 0 N–H and O–H groups in total. The van der Waals surface area contributed by atoms with Gasteiger partial charge in [0.05, 0.1) is 0 Å². The summed E-state index contributed by atoms with van der Waals surface area (Å²) in [5.41, 5.74) is 0. The smallest absolute Gasteiger partial charge is 0.212 e. The second-order valence-corrected chi connectivity index (χ2v) is 1.15. The molecule has 0 saturated carbocycles. The van der Waals surface area contributed by atoms with Gasteiger partial charge in [-0.15, -0.1) is 0 Å². The van der Waals surface area contributed by atoms with Crippen LogP contribution in [0.2, 0.25) is 0 Å². The zero-order chi connectivity index (χ0) is 9.11. The van der Waals surface area contributed by atoms with Crippen LogP contribution in [0.5, 0.6) is 0 Å². The predicted octanol–water partition coefficient (Wildman–Crippen LogP) is 3.27. The molecule has 1 heterocycles. The Kier molecular flexibility index (Phi) is 13.7. The number of rotatable bonds is 0. The van der Waals surface area contributed by atoms with Gasteiger partial charge in [0.1, 0.15) is 0 Å². The Balaban J connectivity index is 0. The van der Waals surface area contributed by atoms with E-state index in [0.29, 0.717) is 0 Å². The molecule has 0 spiro atoms. The van der Waals surface area contributed by atoms with Crippen molar-refractivity contribution in [3.63, 3.8) is 0 Å². The van der Waals surface area contributed by atoms with Gasteiger partial charge in [0, 0.05) is 6.20 Å². The van der Waals surface area contributed by atoms with E-state index >= 15 is 0 Å². The summed E-state index contributed by atoms with van der Waals surface area (Å²) >= 11 is 0. The highest BCUT2D eigenvalue weighted by Gasteiger charge is 1.78. The molecule has 0 bridgehead atoms. The average Bonchev–Trinajstić information content (AvgIpc) is 2.13. The Labute approximate surface area is 68.3 Å². The first-order valence-corrected chi connectivity index (χ1v) is 3.96. The number of nitrogens with zero attached hydrogens (tertiary/aromatic N) is 1. The Hall–Kier alpha value is -0.920. The van der Waals surface area contributed by atoms with E-state index in [-0.39, 0.29) is 0 Å². The maximum absolute atomic E-state index is 11.8. The minimum atomic E-state index is -0.428. The van der Waals surface area contributed by atoms with Gasteiger partial charge in [-0.3, -0.25) is 0 Å². The van der Waals surface area contributed by atoms with E-state index in [1.807, 2.05) is 27.7 Å². The lowest BCUT2D eigenvalue weighted by atomic mass is 10.5. The van der Waals surface area contributed by atoms with E-state index < -0.39 is 5.95 Å². The molecule has 0 amide bonds. The standard InChI is InChI=1S/C5H4FN.2C2H6/c6-5-3-1-2-4-7-5;2*1-2/h1-4H;2*1-2H3. The van der Waals surface area contributed by atoms with E-state index in [2.05, 4.69) is 4.98 Å². The summed E-state index contributed by atoms with van der Waals surface area (Å²) < 4.78 is 11.8. The third-order valence-corrected chi connectivity index (χ3v) is 0.629. The van der Waals surface area contributed by atoms with Crippen molar-refractivity contribution < 1.29 is 4.39 Å². The van der Waals surface area contributed by atoms with Gasteiger partial charge in [-0.1, -0.05) is 33.8 Å². The van der Waals surface area contributed by atoms with E-state index in [1.54, 1.807) is 12.1 Å². The largest absolute Gasteiger partial charge is 0.228 e. The van der Waals surface area contributed by atoms with Gasteiger partial charge in [-0.25, -0.2) is 4.98 Å². The Morgan fingerprint density at radius 1 is 1.09 bits per heavy atom. The molecule has 0 saturated heterocycles. The quantitative estimate of drug-likeness (QED) is 0.527. The van der Waals surface area contributed by atoms with Gasteiger partial charge in [0.15, 0.2) is 0 Å². The average molecular weight is 157 g/mol. The number of pyridine rings is 1. The van der Waals surface area contributed by atoms with E-state index in [0.717, 1.165) is 0 Å². The Bertz CT molecular complexity index is 139. The molecule has 2 heteroatoms. The molecule has 1 aromatic heterocycles. The summed E-state index contributed by atoms with van der Waals surface area (Å²) in [6.07, 6.45) is 1.41. The van der Waals surface area contributed by atoms with Crippen LogP contribution >= 0.6 is 0 Å². The summed E-state index contributed by atoms with van der Waals surface area (Å²) in [7, 11) is 0. The van der Waals surface area contributed by atoms with Crippen LogP contribution in [-0.4, -0.2) is 4.98 Å². The van der Waals surface area contributed by atoms with Gasteiger partial charge < -0.3 is 0 Å². The lowest BCUT2D eigenvalue weighted by Gasteiger charge is -1.78. The molecule has 0 aliphatic rings. The van der Waals surface area contributed by atoms with Crippen molar-refractivity contribution in [3.05, 3.63) is 30.3 Å². The van der Waals surface area contributed by atoms with Gasteiger partial charge in [0.2, 0.25) is 5.95 Å². The third kappa shape index (κ3) is 9.08. The Morgan fingerprint density at radius 3 is 1.82 bits per heavy atom. The predicted molar refractivity (Wildman–Crippen MR) is 46.9 cm³/mol. The monoisotopic (exact) mass is 157 g/mol.